The lowest BCUT2D eigenvalue weighted by Gasteiger charge is -2.39. The van der Waals surface area contributed by atoms with Gasteiger partial charge in [-0.3, -0.25) is 19.2 Å². The van der Waals surface area contributed by atoms with E-state index in [-0.39, 0.29) is 32.7 Å². The van der Waals surface area contributed by atoms with E-state index in [0.29, 0.717) is 0 Å². The molecule has 0 aromatic rings. The summed E-state index contributed by atoms with van der Waals surface area (Å²) in [6, 6.07) is -2.84. The second kappa shape index (κ2) is 14.9. The lowest BCUT2D eigenvalue weighted by Crippen LogP contribution is -2.59. The number of rotatable bonds is 16. The van der Waals surface area contributed by atoms with Crippen LogP contribution < -0.4 is 11.1 Å². The Balaban J connectivity index is 2.36. The fourth-order valence-corrected chi connectivity index (χ4v) is 3.09. The number of carbonyl (C=O) groups excluding carboxylic acids is 2. The van der Waals surface area contributed by atoms with Crippen molar-refractivity contribution >= 4 is 23.6 Å². The molecule has 1 fully saturated rings. The van der Waals surface area contributed by atoms with Crippen LogP contribution in [0, 0.1) is 0 Å². The largest absolute Gasteiger partial charge is 0.481 e. The smallest absolute Gasteiger partial charge is 0.321 e. The summed E-state index contributed by atoms with van der Waals surface area (Å²) in [4.78, 5) is 45.8. The van der Waals surface area contributed by atoms with E-state index in [4.69, 9.17) is 35.3 Å². The van der Waals surface area contributed by atoms with Gasteiger partial charge in [0.2, 0.25) is 5.91 Å². The molecule has 0 aliphatic carbocycles. The molecule has 0 spiro atoms. The van der Waals surface area contributed by atoms with E-state index in [1.54, 1.807) is 0 Å². The van der Waals surface area contributed by atoms with E-state index in [9.17, 15) is 34.5 Å². The molecular weight excluding hydrogens is 464 g/mol. The number of aliphatic hydroxyl groups is 4. The number of carboxylic acids is 2. The zero-order chi connectivity index (χ0) is 25.8. The Morgan fingerprint density at radius 1 is 1.00 bits per heavy atom. The molecule has 1 aliphatic heterocycles. The summed E-state index contributed by atoms with van der Waals surface area (Å²) < 4.78 is 15.4. The molecule has 1 heterocycles. The third-order valence-electron chi connectivity index (χ3n) is 4.92. The minimum atomic E-state index is -1.64. The van der Waals surface area contributed by atoms with Crippen LogP contribution in [-0.4, -0.2) is 123 Å². The molecule has 1 saturated heterocycles. The molecule has 7 atom stereocenters. The highest BCUT2D eigenvalue weighted by Crippen LogP contribution is 2.22. The summed E-state index contributed by atoms with van der Waals surface area (Å²) in [7, 11) is 0. The van der Waals surface area contributed by atoms with E-state index in [1.165, 1.54) is 0 Å². The summed E-state index contributed by atoms with van der Waals surface area (Å²) in [5.74, 6) is -4.20. The Bertz CT molecular complexity index is 691. The average Bonchev–Trinajstić information content (AvgIpc) is 2.76. The normalized spacial score (nSPS) is 26.4. The van der Waals surface area contributed by atoms with Gasteiger partial charge in [0.15, 0.2) is 12.1 Å². The van der Waals surface area contributed by atoms with Crippen LogP contribution in [0.2, 0.25) is 0 Å². The minimum absolute atomic E-state index is 0.00670. The van der Waals surface area contributed by atoms with E-state index in [1.807, 2.05) is 0 Å². The number of Topliss-reactive ketones (excluding diaryl/α,β-unsaturated/α-hetero) is 1. The highest BCUT2D eigenvalue weighted by molar-refractivity contribution is 5.93. The standard InChI is InChI=1S/C19H32N2O13/c20-9(18(29)30)6-13(24)21-10(7-14(25)26)11(23)2-1-3-32-4-5-33-17-15(27)12(8-22)34-19(31)16(17)28/h9-10,12,15-17,19,22,27-28,31H,1-8,20H2,(H,21,24)(H,25,26)(H,29,30)/t9?,10?,12?,15-,16?,17+,19-/m1/s1. The second-order valence-electron chi connectivity index (χ2n) is 7.61. The number of nitrogens with two attached hydrogens (primary N) is 1. The first-order chi connectivity index (χ1) is 16.0. The van der Waals surface area contributed by atoms with Crippen LogP contribution in [0.1, 0.15) is 25.7 Å². The number of aliphatic hydroxyl groups excluding tert-OH is 4. The molecule has 1 rings (SSSR count). The first-order valence-electron chi connectivity index (χ1n) is 10.5. The number of carboxylic acid groups (broad SMARTS) is 2. The molecule has 15 nitrogen and oxygen atoms in total. The van der Waals surface area contributed by atoms with Crippen LogP contribution >= 0.6 is 0 Å². The molecule has 196 valence electrons. The number of hydrogen-bond acceptors (Lipinski definition) is 12. The topological polar surface area (TPSA) is 255 Å². The van der Waals surface area contributed by atoms with Gasteiger partial charge in [-0.05, 0) is 6.42 Å². The lowest BCUT2D eigenvalue weighted by molar-refractivity contribution is -0.295. The van der Waals surface area contributed by atoms with E-state index < -0.39 is 85.9 Å². The van der Waals surface area contributed by atoms with E-state index in [2.05, 4.69) is 5.32 Å². The van der Waals surface area contributed by atoms with Gasteiger partial charge < -0.3 is 55.9 Å². The molecule has 0 saturated carbocycles. The summed E-state index contributed by atoms with van der Waals surface area (Å²) in [5, 5.41) is 58.4. The zero-order valence-electron chi connectivity index (χ0n) is 18.3. The molecule has 1 aliphatic rings. The van der Waals surface area contributed by atoms with Crippen LogP contribution in [0.25, 0.3) is 0 Å². The number of ketones is 1. The Morgan fingerprint density at radius 3 is 2.26 bits per heavy atom. The van der Waals surface area contributed by atoms with Crippen molar-refractivity contribution in [2.45, 2.75) is 68.5 Å². The van der Waals surface area contributed by atoms with Crippen molar-refractivity contribution in [1.82, 2.24) is 5.32 Å². The predicted molar refractivity (Wildman–Crippen MR) is 109 cm³/mol. The van der Waals surface area contributed by atoms with Crippen molar-refractivity contribution < 1.29 is 64.0 Å². The SMILES string of the molecule is NC(CC(=O)NC(CC(=O)O)C(=O)CCCOCCO[C@@H]1C(O)[C@H](O)OC(CO)[C@H]1O)C(=O)O. The minimum Gasteiger partial charge on any atom is -0.481 e. The zero-order valence-corrected chi connectivity index (χ0v) is 18.3. The Kier molecular flexibility index (Phi) is 13.1. The lowest BCUT2D eigenvalue weighted by atomic mass is 9.99. The highest BCUT2D eigenvalue weighted by atomic mass is 16.6. The third kappa shape index (κ3) is 9.94. The molecule has 0 aromatic heterocycles. The Hall–Kier alpha value is -2.24. The predicted octanol–water partition coefficient (Wildman–Crippen LogP) is -4.07. The Morgan fingerprint density at radius 2 is 1.68 bits per heavy atom. The van der Waals surface area contributed by atoms with Crippen LogP contribution in [0.15, 0.2) is 0 Å². The summed E-state index contributed by atoms with van der Waals surface area (Å²) in [5.41, 5.74) is 5.25. The number of ether oxygens (including phenoxy) is 3. The molecule has 0 aromatic carbocycles. The first-order valence-corrected chi connectivity index (χ1v) is 10.5. The molecule has 1 amide bonds. The van der Waals surface area contributed by atoms with Gasteiger partial charge >= 0.3 is 11.9 Å². The maximum absolute atomic E-state index is 12.3. The number of hydrogen-bond donors (Lipinski definition) is 8. The second-order valence-corrected chi connectivity index (χ2v) is 7.61. The summed E-state index contributed by atoms with van der Waals surface area (Å²) >= 11 is 0. The van der Waals surface area contributed by atoms with E-state index in [0.717, 1.165) is 0 Å². The maximum atomic E-state index is 12.3. The van der Waals surface area contributed by atoms with Gasteiger partial charge in [-0.15, -0.1) is 0 Å². The maximum Gasteiger partial charge on any atom is 0.321 e. The van der Waals surface area contributed by atoms with Gasteiger partial charge in [0.1, 0.15) is 30.5 Å². The highest BCUT2D eigenvalue weighted by Gasteiger charge is 2.44. The molecule has 34 heavy (non-hydrogen) atoms. The molecule has 15 heteroatoms. The molecule has 9 N–H and O–H groups in total. The van der Waals surface area contributed by atoms with Gasteiger partial charge in [0.25, 0.3) is 0 Å². The number of nitrogens with one attached hydrogen (secondary N) is 1. The molecule has 0 radical (unpaired) electrons. The fraction of sp³-hybridized carbons (Fsp3) is 0.789. The monoisotopic (exact) mass is 496 g/mol. The van der Waals surface area contributed by atoms with Crippen molar-refractivity contribution in [2.24, 2.45) is 5.73 Å². The molecule has 4 unspecified atom stereocenters. The number of carbonyl (C=O) groups is 4. The van der Waals surface area contributed by atoms with Crippen LogP contribution in [0.5, 0.6) is 0 Å². The van der Waals surface area contributed by atoms with Crippen molar-refractivity contribution in [3.63, 3.8) is 0 Å². The number of amides is 1. The van der Waals surface area contributed by atoms with E-state index >= 15 is 0 Å². The number of aliphatic carboxylic acids is 2. The van der Waals surface area contributed by atoms with Crippen molar-refractivity contribution in [1.29, 1.82) is 0 Å². The molecular formula is C19H32N2O13. The summed E-state index contributed by atoms with van der Waals surface area (Å²) in [6.45, 7) is -0.634. The van der Waals surface area contributed by atoms with Gasteiger partial charge in [0, 0.05) is 13.0 Å². The van der Waals surface area contributed by atoms with Crippen molar-refractivity contribution in [3.05, 3.63) is 0 Å². The third-order valence-corrected chi connectivity index (χ3v) is 4.92. The average molecular weight is 496 g/mol. The van der Waals surface area contributed by atoms with Gasteiger partial charge in [-0.2, -0.15) is 0 Å². The summed E-state index contributed by atoms with van der Waals surface area (Å²) in [6.07, 6.45) is -8.17. The molecule has 0 bridgehead atoms. The van der Waals surface area contributed by atoms with Gasteiger partial charge in [-0.1, -0.05) is 0 Å². The van der Waals surface area contributed by atoms with Crippen molar-refractivity contribution in [3.8, 4) is 0 Å². The Labute approximate surface area is 194 Å². The van der Waals surface area contributed by atoms with Crippen molar-refractivity contribution in [2.75, 3.05) is 26.4 Å². The fourth-order valence-electron chi connectivity index (χ4n) is 3.09. The van der Waals surface area contributed by atoms with Crippen LogP contribution in [0.3, 0.4) is 0 Å². The van der Waals surface area contributed by atoms with Crippen LogP contribution in [-0.2, 0) is 33.4 Å². The van der Waals surface area contributed by atoms with Gasteiger partial charge in [0.05, 0.1) is 38.7 Å². The quantitative estimate of drug-likeness (QED) is 0.0946. The first kappa shape index (κ1) is 29.8. The van der Waals surface area contributed by atoms with Gasteiger partial charge in [-0.25, -0.2) is 0 Å². The van der Waals surface area contributed by atoms with Crippen LogP contribution in [0.4, 0.5) is 0 Å².